The molecule has 0 radical (unpaired) electrons. The number of benzene rings is 1. The standard InChI is InChI=1S/C10H11BClNO3/c12-8-4-6(3-7(5-8)11(15)16)10(14)13-9-1-2-9/h3-5,9,15-16H,1-2H2,(H,13,14). The minimum absolute atomic E-state index is 0.216. The summed E-state index contributed by atoms with van der Waals surface area (Å²) in [6.45, 7) is 0. The van der Waals surface area contributed by atoms with E-state index in [1.54, 1.807) is 0 Å². The van der Waals surface area contributed by atoms with Gasteiger partial charge in [-0.05, 0) is 36.5 Å². The molecular formula is C10H11BClNO3. The Morgan fingerprint density at radius 2 is 2.06 bits per heavy atom. The van der Waals surface area contributed by atoms with Crippen LogP contribution in [-0.4, -0.2) is 29.1 Å². The van der Waals surface area contributed by atoms with Gasteiger partial charge < -0.3 is 15.4 Å². The molecule has 1 aromatic carbocycles. The predicted octanol–water partition coefficient (Wildman–Crippen LogP) is -0.0880. The van der Waals surface area contributed by atoms with Crippen LogP contribution >= 0.6 is 11.6 Å². The smallest absolute Gasteiger partial charge is 0.423 e. The van der Waals surface area contributed by atoms with Gasteiger partial charge in [0, 0.05) is 16.6 Å². The first-order valence-corrected chi connectivity index (χ1v) is 5.41. The van der Waals surface area contributed by atoms with Crippen molar-refractivity contribution >= 4 is 30.1 Å². The van der Waals surface area contributed by atoms with Gasteiger partial charge >= 0.3 is 7.12 Å². The van der Waals surface area contributed by atoms with E-state index in [1.165, 1.54) is 18.2 Å². The fourth-order valence-electron chi connectivity index (χ4n) is 1.39. The van der Waals surface area contributed by atoms with E-state index in [4.69, 9.17) is 21.6 Å². The van der Waals surface area contributed by atoms with E-state index in [0.717, 1.165) is 12.8 Å². The summed E-state index contributed by atoms with van der Waals surface area (Å²) in [6, 6.07) is 4.61. The van der Waals surface area contributed by atoms with Crippen LogP contribution in [0.5, 0.6) is 0 Å². The lowest BCUT2D eigenvalue weighted by molar-refractivity contribution is 0.0951. The van der Waals surface area contributed by atoms with Crippen molar-refractivity contribution in [3.8, 4) is 0 Å². The molecule has 1 saturated carbocycles. The Bertz CT molecular complexity index is 421. The summed E-state index contributed by atoms with van der Waals surface area (Å²) >= 11 is 5.79. The van der Waals surface area contributed by atoms with Gasteiger partial charge in [0.2, 0.25) is 0 Å². The molecule has 3 N–H and O–H groups in total. The Labute approximate surface area is 98.4 Å². The van der Waals surface area contributed by atoms with Crippen LogP contribution in [0.2, 0.25) is 5.02 Å². The van der Waals surface area contributed by atoms with Gasteiger partial charge in [0.05, 0.1) is 0 Å². The summed E-state index contributed by atoms with van der Waals surface area (Å²) < 4.78 is 0. The normalized spacial score (nSPS) is 14.7. The molecule has 1 amide bonds. The summed E-state index contributed by atoms with van der Waals surface area (Å²) in [4.78, 5) is 11.7. The number of amides is 1. The molecule has 84 valence electrons. The largest absolute Gasteiger partial charge is 0.488 e. The molecule has 0 atom stereocenters. The van der Waals surface area contributed by atoms with E-state index >= 15 is 0 Å². The Kier molecular flexibility index (Phi) is 3.19. The van der Waals surface area contributed by atoms with E-state index in [0.29, 0.717) is 10.6 Å². The molecular weight excluding hydrogens is 228 g/mol. The molecule has 1 aromatic rings. The highest BCUT2D eigenvalue weighted by molar-refractivity contribution is 6.59. The van der Waals surface area contributed by atoms with Crippen molar-refractivity contribution in [2.45, 2.75) is 18.9 Å². The molecule has 6 heteroatoms. The van der Waals surface area contributed by atoms with Crippen LogP contribution in [0.1, 0.15) is 23.2 Å². The summed E-state index contributed by atoms with van der Waals surface area (Å²) in [7, 11) is -1.62. The average Bonchev–Trinajstić information content (AvgIpc) is 3.00. The molecule has 0 aromatic heterocycles. The van der Waals surface area contributed by atoms with Crippen LogP contribution in [-0.2, 0) is 0 Å². The number of nitrogens with one attached hydrogen (secondary N) is 1. The summed E-state index contributed by atoms with van der Waals surface area (Å²) in [5.74, 6) is -0.230. The number of carbonyl (C=O) groups excluding carboxylic acids is 1. The van der Waals surface area contributed by atoms with E-state index < -0.39 is 7.12 Å². The van der Waals surface area contributed by atoms with Gasteiger partial charge in [-0.15, -0.1) is 0 Å². The molecule has 4 nitrogen and oxygen atoms in total. The van der Waals surface area contributed by atoms with Crippen molar-refractivity contribution in [1.82, 2.24) is 5.32 Å². The highest BCUT2D eigenvalue weighted by Crippen LogP contribution is 2.19. The fourth-order valence-corrected chi connectivity index (χ4v) is 1.63. The Hall–Kier alpha value is -1.04. The van der Waals surface area contributed by atoms with E-state index in [-0.39, 0.29) is 17.4 Å². The zero-order valence-corrected chi connectivity index (χ0v) is 9.24. The first-order chi connectivity index (χ1) is 7.56. The highest BCUT2D eigenvalue weighted by Gasteiger charge is 2.24. The van der Waals surface area contributed by atoms with E-state index in [2.05, 4.69) is 5.32 Å². The number of halogens is 1. The van der Waals surface area contributed by atoms with Crippen LogP contribution in [0.3, 0.4) is 0 Å². The molecule has 1 fully saturated rings. The molecule has 1 aliphatic carbocycles. The maximum atomic E-state index is 11.7. The van der Waals surface area contributed by atoms with E-state index in [1.807, 2.05) is 0 Å². The van der Waals surface area contributed by atoms with Crippen molar-refractivity contribution in [2.24, 2.45) is 0 Å². The Balaban J connectivity index is 2.21. The monoisotopic (exact) mass is 239 g/mol. The second-order valence-corrected chi connectivity index (χ2v) is 4.33. The molecule has 0 heterocycles. The number of hydrogen-bond acceptors (Lipinski definition) is 3. The van der Waals surface area contributed by atoms with Gasteiger partial charge in [-0.1, -0.05) is 11.6 Å². The molecule has 1 aliphatic rings. The summed E-state index contributed by atoms with van der Waals surface area (Å²) in [6.07, 6.45) is 2.00. The van der Waals surface area contributed by atoms with Gasteiger partial charge in [-0.3, -0.25) is 4.79 Å². The first kappa shape index (κ1) is 11.5. The minimum Gasteiger partial charge on any atom is -0.423 e. The predicted molar refractivity (Wildman–Crippen MR) is 61.8 cm³/mol. The second-order valence-electron chi connectivity index (χ2n) is 3.89. The lowest BCUT2D eigenvalue weighted by Gasteiger charge is -2.06. The highest BCUT2D eigenvalue weighted by atomic mass is 35.5. The molecule has 16 heavy (non-hydrogen) atoms. The lowest BCUT2D eigenvalue weighted by Crippen LogP contribution is -2.32. The van der Waals surface area contributed by atoms with Crippen molar-refractivity contribution in [1.29, 1.82) is 0 Å². The molecule has 0 saturated heterocycles. The van der Waals surface area contributed by atoms with Crippen LogP contribution in [0.15, 0.2) is 18.2 Å². The quantitative estimate of drug-likeness (QED) is 0.646. The van der Waals surface area contributed by atoms with Gasteiger partial charge in [0.1, 0.15) is 0 Å². The molecule has 0 bridgehead atoms. The maximum Gasteiger partial charge on any atom is 0.488 e. The Morgan fingerprint density at radius 1 is 1.38 bits per heavy atom. The molecule has 0 unspecified atom stereocenters. The van der Waals surface area contributed by atoms with Gasteiger partial charge in [0.15, 0.2) is 0 Å². The third-order valence-corrected chi connectivity index (χ3v) is 2.61. The third-order valence-electron chi connectivity index (χ3n) is 2.39. The SMILES string of the molecule is O=C(NC1CC1)c1cc(Cl)cc(B(O)O)c1. The van der Waals surface area contributed by atoms with Crippen molar-refractivity contribution < 1.29 is 14.8 Å². The van der Waals surface area contributed by atoms with Crippen molar-refractivity contribution in [3.05, 3.63) is 28.8 Å². The molecule has 0 spiro atoms. The molecule has 0 aliphatic heterocycles. The zero-order chi connectivity index (χ0) is 11.7. The van der Waals surface area contributed by atoms with Gasteiger partial charge in [-0.25, -0.2) is 0 Å². The third kappa shape index (κ3) is 2.75. The number of carbonyl (C=O) groups is 1. The fraction of sp³-hybridized carbons (Fsp3) is 0.300. The molecule has 2 rings (SSSR count). The van der Waals surface area contributed by atoms with Crippen LogP contribution in [0, 0.1) is 0 Å². The summed E-state index contributed by atoms with van der Waals surface area (Å²) in [5.41, 5.74) is 0.566. The Morgan fingerprint density at radius 3 is 2.62 bits per heavy atom. The van der Waals surface area contributed by atoms with Crippen LogP contribution in [0.4, 0.5) is 0 Å². The van der Waals surface area contributed by atoms with Crippen LogP contribution in [0.25, 0.3) is 0 Å². The first-order valence-electron chi connectivity index (χ1n) is 5.04. The van der Waals surface area contributed by atoms with Crippen molar-refractivity contribution in [2.75, 3.05) is 0 Å². The number of rotatable bonds is 3. The zero-order valence-electron chi connectivity index (χ0n) is 8.48. The average molecular weight is 239 g/mol. The lowest BCUT2D eigenvalue weighted by atomic mass is 9.79. The topological polar surface area (TPSA) is 69.6 Å². The maximum absolute atomic E-state index is 11.7. The van der Waals surface area contributed by atoms with Crippen molar-refractivity contribution in [3.63, 3.8) is 0 Å². The number of hydrogen-bond donors (Lipinski definition) is 3. The van der Waals surface area contributed by atoms with E-state index in [9.17, 15) is 4.79 Å². The summed E-state index contributed by atoms with van der Waals surface area (Å²) in [5, 5.41) is 21.1. The minimum atomic E-state index is -1.62. The van der Waals surface area contributed by atoms with Gasteiger partial charge in [-0.2, -0.15) is 0 Å². The van der Waals surface area contributed by atoms with Gasteiger partial charge in [0.25, 0.3) is 5.91 Å². The van der Waals surface area contributed by atoms with Crippen LogP contribution < -0.4 is 10.8 Å². The second kappa shape index (κ2) is 4.45.